The lowest BCUT2D eigenvalue weighted by Gasteiger charge is -2.21. The van der Waals surface area contributed by atoms with Gasteiger partial charge in [-0.2, -0.15) is 0 Å². The van der Waals surface area contributed by atoms with Gasteiger partial charge in [0.05, 0.1) is 0 Å². The molecular weight excluding hydrogens is 146 g/mol. The van der Waals surface area contributed by atoms with Gasteiger partial charge in [-0.1, -0.05) is 30.4 Å². The molecule has 3 rings (SSSR count). The maximum Gasteiger partial charge on any atom is 0.0240 e. The van der Waals surface area contributed by atoms with E-state index in [-0.39, 0.29) is 0 Å². The lowest BCUT2D eigenvalue weighted by Crippen LogP contribution is -2.21. The molecule has 1 saturated heterocycles. The molecule has 62 valence electrons. The third-order valence-electron chi connectivity index (χ3n) is 3.30. The summed E-state index contributed by atoms with van der Waals surface area (Å²) in [5.41, 5.74) is 2.02. The number of hydrogen-bond acceptors (Lipinski definition) is 1. The monoisotopic (exact) mass is 159 g/mol. The van der Waals surface area contributed by atoms with Crippen molar-refractivity contribution in [1.82, 2.24) is 5.32 Å². The highest BCUT2D eigenvalue weighted by atomic mass is 14.9. The molecule has 1 heterocycles. The first kappa shape index (κ1) is 6.67. The Labute approximate surface area is 72.9 Å². The van der Waals surface area contributed by atoms with Crippen molar-refractivity contribution in [2.45, 2.75) is 6.42 Å². The van der Waals surface area contributed by atoms with Crippen LogP contribution in [-0.4, -0.2) is 13.1 Å². The van der Waals surface area contributed by atoms with Crippen LogP contribution in [0, 0.1) is 11.3 Å². The molecule has 2 bridgehead atoms. The summed E-state index contributed by atoms with van der Waals surface area (Å²) >= 11 is 0. The van der Waals surface area contributed by atoms with Crippen molar-refractivity contribution < 1.29 is 0 Å². The van der Waals surface area contributed by atoms with Gasteiger partial charge >= 0.3 is 0 Å². The molecule has 0 aromatic heterocycles. The maximum absolute atomic E-state index is 3.45. The third-order valence-corrected chi connectivity index (χ3v) is 3.30. The smallest absolute Gasteiger partial charge is 0.0240 e. The van der Waals surface area contributed by atoms with E-state index in [1.807, 2.05) is 0 Å². The summed E-state index contributed by atoms with van der Waals surface area (Å²) < 4.78 is 0. The minimum Gasteiger partial charge on any atom is -0.312 e. The van der Waals surface area contributed by atoms with Crippen LogP contribution < -0.4 is 5.32 Å². The molecule has 3 aliphatic rings. The number of fused-ring (bicyclic) bond motifs is 1. The van der Waals surface area contributed by atoms with E-state index in [2.05, 4.69) is 35.7 Å². The fraction of sp³-hybridized carbons (Fsp3) is 0.455. The van der Waals surface area contributed by atoms with Gasteiger partial charge in [-0.25, -0.2) is 0 Å². The van der Waals surface area contributed by atoms with E-state index in [0.717, 1.165) is 13.1 Å². The fourth-order valence-electron chi connectivity index (χ4n) is 2.68. The van der Waals surface area contributed by atoms with Crippen molar-refractivity contribution in [2.24, 2.45) is 11.3 Å². The number of rotatable bonds is 0. The van der Waals surface area contributed by atoms with Crippen molar-refractivity contribution in [2.75, 3.05) is 13.1 Å². The molecule has 1 spiro atoms. The summed E-state index contributed by atoms with van der Waals surface area (Å²) in [5.74, 6) is 0.706. The maximum atomic E-state index is 3.45. The van der Waals surface area contributed by atoms with Gasteiger partial charge in [-0.15, -0.1) is 0 Å². The van der Waals surface area contributed by atoms with Crippen LogP contribution in [0.5, 0.6) is 0 Å². The van der Waals surface area contributed by atoms with E-state index in [0.29, 0.717) is 11.3 Å². The summed E-state index contributed by atoms with van der Waals surface area (Å²) in [5, 5.41) is 3.45. The molecule has 1 aliphatic heterocycles. The van der Waals surface area contributed by atoms with Gasteiger partial charge in [0.1, 0.15) is 0 Å². The Morgan fingerprint density at radius 2 is 2.42 bits per heavy atom. The second-order valence-corrected chi connectivity index (χ2v) is 4.06. The molecule has 0 aromatic rings. The SMILES string of the molecule is C1=C[C@@H]2C=C3CNC[C@@]3(C=C1)C2. The van der Waals surface area contributed by atoms with Crippen LogP contribution in [0.3, 0.4) is 0 Å². The van der Waals surface area contributed by atoms with Crippen molar-refractivity contribution in [1.29, 1.82) is 0 Å². The zero-order chi connectivity index (χ0) is 8.02. The van der Waals surface area contributed by atoms with Crippen LogP contribution in [-0.2, 0) is 0 Å². The number of nitrogens with one attached hydrogen (secondary N) is 1. The zero-order valence-corrected chi connectivity index (χ0v) is 7.09. The van der Waals surface area contributed by atoms with Gasteiger partial charge in [0.25, 0.3) is 0 Å². The van der Waals surface area contributed by atoms with Gasteiger partial charge in [-0.05, 0) is 17.9 Å². The molecule has 2 atom stereocenters. The van der Waals surface area contributed by atoms with Gasteiger partial charge in [0.2, 0.25) is 0 Å². The first-order valence-corrected chi connectivity index (χ1v) is 4.67. The van der Waals surface area contributed by atoms with Crippen LogP contribution in [0.2, 0.25) is 0 Å². The lowest BCUT2D eigenvalue weighted by atomic mass is 9.83. The van der Waals surface area contributed by atoms with Crippen LogP contribution in [0.25, 0.3) is 0 Å². The molecule has 0 aromatic carbocycles. The molecular formula is C11H13N. The minimum absolute atomic E-state index is 0.397. The minimum atomic E-state index is 0.397. The van der Waals surface area contributed by atoms with Crippen molar-refractivity contribution in [3.63, 3.8) is 0 Å². The van der Waals surface area contributed by atoms with Crippen molar-refractivity contribution in [3.05, 3.63) is 36.0 Å². The Bertz CT molecular complexity index is 298. The Morgan fingerprint density at radius 1 is 1.42 bits per heavy atom. The van der Waals surface area contributed by atoms with E-state index in [9.17, 15) is 0 Å². The van der Waals surface area contributed by atoms with E-state index in [1.165, 1.54) is 6.42 Å². The summed E-state index contributed by atoms with van der Waals surface area (Å²) in [6.07, 6.45) is 12.8. The molecule has 1 heteroatoms. The van der Waals surface area contributed by atoms with E-state index in [4.69, 9.17) is 0 Å². The molecule has 0 amide bonds. The number of hydrogen-bond donors (Lipinski definition) is 1. The predicted molar refractivity (Wildman–Crippen MR) is 49.8 cm³/mol. The Hall–Kier alpha value is -0.820. The second-order valence-electron chi connectivity index (χ2n) is 4.06. The molecule has 0 radical (unpaired) electrons. The van der Waals surface area contributed by atoms with E-state index in [1.54, 1.807) is 5.57 Å². The molecule has 2 aliphatic carbocycles. The van der Waals surface area contributed by atoms with Crippen LogP contribution in [0.4, 0.5) is 0 Å². The summed E-state index contributed by atoms with van der Waals surface area (Å²) in [6.45, 7) is 2.25. The Kier molecular flexibility index (Phi) is 1.17. The summed E-state index contributed by atoms with van der Waals surface area (Å²) in [6, 6.07) is 0. The standard InChI is InChI=1S/C11H13N/c1-2-4-11-6-9(3-1)5-10(11)7-12-8-11/h1-5,9,12H,6-8H2/t9-,11-/m1/s1. The van der Waals surface area contributed by atoms with Gasteiger partial charge in [-0.3, -0.25) is 0 Å². The molecule has 0 unspecified atom stereocenters. The Morgan fingerprint density at radius 3 is 3.42 bits per heavy atom. The van der Waals surface area contributed by atoms with Gasteiger partial charge in [0.15, 0.2) is 0 Å². The molecule has 12 heavy (non-hydrogen) atoms. The Balaban J connectivity index is 2.12. The predicted octanol–water partition coefficient (Wildman–Crippen LogP) is 1.65. The van der Waals surface area contributed by atoms with E-state index < -0.39 is 0 Å². The average molecular weight is 159 g/mol. The molecule has 1 nitrogen and oxygen atoms in total. The molecule has 0 saturated carbocycles. The van der Waals surface area contributed by atoms with E-state index >= 15 is 0 Å². The highest BCUT2D eigenvalue weighted by molar-refractivity contribution is 5.38. The summed E-state index contributed by atoms with van der Waals surface area (Å²) in [4.78, 5) is 0. The van der Waals surface area contributed by atoms with Crippen molar-refractivity contribution >= 4 is 0 Å². The van der Waals surface area contributed by atoms with Gasteiger partial charge < -0.3 is 5.32 Å². The summed E-state index contributed by atoms with van der Waals surface area (Å²) in [7, 11) is 0. The average Bonchev–Trinajstić information content (AvgIpc) is 2.39. The largest absolute Gasteiger partial charge is 0.312 e. The second kappa shape index (κ2) is 2.11. The number of allylic oxidation sites excluding steroid dienone is 4. The normalized spacial score (nSPS) is 42.7. The quantitative estimate of drug-likeness (QED) is 0.530. The van der Waals surface area contributed by atoms with Crippen molar-refractivity contribution in [3.8, 4) is 0 Å². The fourth-order valence-corrected chi connectivity index (χ4v) is 2.68. The highest BCUT2D eigenvalue weighted by Gasteiger charge is 2.41. The first-order valence-electron chi connectivity index (χ1n) is 4.67. The zero-order valence-electron chi connectivity index (χ0n) is 7.09. The molecule has 1 fully saturated rings. The topological polar surface area (TPSA) is 12.0 Å². The lowest BCUT2D eigenvalue weighted by molar-refractivity contribution is 0.460. The van der Waals surface area contributed by atoms with Gasteiger partial charge in [0, 0.05) is 18.5 Å². The highest BCUT2D eigenvalue weighted by Crippen LogP contribution is 2.46. The van der Waals surface area contributed by atoms with Crippen LogP contribution in [0.1, 0.15) is 6.42 Å². The third kappa shape index (κ3) is 0.721. The van der Waals surface area contributed by atoms with Crippen LogP contribution in [0.15, 0.2) is 36.0 Å². The first-order chi connectivity index (χ1) is 5.89. The molecule has 1 N–H and O–H groups in total. The van der Waals surface area contributed by atoms with Crippen LogP contribution >= 0.6 is 0 Å².